The van der Waals surface area contributed by atoms with Crippen LogP contribution in [0.1, 0.15) is 35.9 Å². The Balaban J connectivity index is 2.23. The van der Waals surface area contributed by atoms with Gasteiger partial charge < -0.3 is 9.64 Å². The summed E-state index contributed by atoms with van der Waals surface area (Å²) < 4.78 is 6.92. The Kier molecular flexibility index (Phi) is 4.34. The third kappa shape index (κ3) is 2.71. The molecule has 5 nitrogen and oxygen atoms in total. The number of rotatable bonds is 3. The van der Waals surface area contributed by atoms with Crippen molar-refractivity contribution >= 4 is 17.5 Å². The molecule has 0 N–H and O–H groups in total. The van der Waals surface area contributed by atoms with Gasteiger partial charge in [-0.05, 0) is 26.2 Å². The number of hydrogen-bond acceptors (Lipinski definition) is 3. The SMILES string of the molecule is COc1c(C(Cl)C(=O)N2CCCCC2)c(C)nn1C. The van der Waals surface area contributed by atoms with Gasteiger partial charge in [0.15, 0.2) is 0 Å². The monoisotopic (exact) mass is 285 g/mol. The second-order valence-corrected chi connectivity index (χ2v) is 5.32. The average Bonchev–Trinajstić information content (AvgIpc) is 2.72. The Bertz CT molecular complexity index is 467. The van der Waals surface area contributed by atoms with Crippen LogP contribution in [0.4, 0.5) is 0 Å². The molecule has 19 heavy (non-hydrogen) atoms. The van der Waals surface area contributed by atoms with Crippen molar-refractivity contribution in [2.45, 2.75) is 31.6 Å². The van der Waals surface area contributed by atoms with E-state index in [-0.39, 0.29) is 5.91 Å². The number of aromatic nitrogens is 2. The number of piperidine rings is 1. The second kappa shape index (κ2) is 5.82. The first kappa shape index (κ1) is 14.2. The van der Waals surface area contributed by atoms with Crippen molar-refractivity contribution in [2.75, 3.05) is 20.2 Å². The fourth-order valence-corrected chi connectivity index (χ4v) is 2.97. The van der Waals surface area contributed by atoms with Crippen molar-refractivity contribution in [3.63, 3.8) is 0 Å². The summed E-state index contributed by atoms with van der Waals surface area (Å²) in [5.74, 6) is 0.513. The molecule has 0 aliphatic carbocycles. The Morgan fingerprint density at radius 1 is 1.37 bits per heavy atom. The Hall–Kier alpha value is -1.23. The number of halogens is 1. The molecule has 1 aliphatic rings. The van der Waals surface area contributed by atoms with Gasteiger partial charge in [0.2, 0.25) is 11.8 Å². The predicted molar refractivity (Wildman–Crippen MR) is 73.5 cm³/mol. The van der Waals surface area contributed by atoms with Gasteiger partial charge >= 0.3 is 0 Å². The molecule has 0 saturated carbocycles. The van der Waals surface area contributed by atoms with Gasteiger partial charge in [0.25, 0.3) is 0 Å². The molecule has 1 fully saturated rings. The first-order valence-corrected chi connectivity index (χ1v) is 7.00. The molecule has 1 aromatic rings. The molecule has 6 heteroatoms. The van der Waals surface area contributed by atoms with Gasteiger partial charge in [-0.15, -0.1) is 11.6 Å². The molecule has 1 atom stereocenters. The molecule has 1 aliphatic heterocycles. The lowest BCUT2D eigenvalue weighted by Crippen LogP contribution is -2.37. The van der Waals surface area contributed by atoms with E-state index in [0.717, 1.165) is 31.6 Å². The number of amides is 1. The number of methoxy groups -OCH3 is 1. The van der Waals surface area contributed by atoms with Crippen molar-refractivity contribution in [3.8, 4) is 5.88 Å². The normalized spacial score (nSPS) is 17.4. The van der Waals surface area contributed by atoms with Crippen LogP contribution in [0.5, 0.6) is 5.88 Å². The Morgan fingerprint density at radius 2 is 2.00 bits per heavy atom. The van der Waals surface area contributed by atoms with Crippen molar-refractivity contribution < 1.29 is 9.53 Å². The number of nitrogens with zero attached hydrogens (tertiary/aromatic N) is 3. The van der Waals surface area contributed by atoms with Gasteiger partial charge in [-0.2, -0.15) is 5.10 Å². The maximum absolute atomic E-state index is 12.4. The summed E-state index contributed by atoms with van der Waals surface area (Å²) in [6.07, 6.45) is 3.29. The third-order valence-corrected chi connectivity index (χ3v) is 3.95. The van der Waals surface area contributed by atoms with Gasteiger partial charge in [0.1, 0.15) is 5.38 Å². The summed E-state index contributed by atoms with van der Waals surface area (Å²) in [7, 11) is 3.35. The summed E-state index contributed by atoms with van der Waals surface area (Å²) in [5, 5.41) is 3.55. The summed E-state index contributed by atoms with van der Waals surface area (Å²) in [6.45, 7) is 3.43. The zero-order valence-electron chi connectivity index (χ0n) is 11.6. The van der Waals surface area contributed by atoms with Gasteiger partial charge in [0.05, 0.1) is 18.4 Å². The largest absolute Gasteiger partial charge is 0.481 e. The molecule has 1 amide bonds. The lowest BCUT2D eigenvalue weighted by atomic mass is 10.1. The maximum atomic E-state index is 12.4. The minimum Gasteiger partial charge on any atom is -0.481 e. The van der Waals surface area contributed by atoms with E-state index in [2.05, 4.69) is 5.10 Å². The minimum atomic E-state index is -0.721. The molecule has 1 aromatic heterocycles. The van der Waals surface area contributed by atoms with E-state index in [9.17, 15) is 4.79 Å². The Labute approximate surface area is 118 Å². The first-order valence-electron chi connectivity index (χ1n) is 6.56. The molecule has 2 rings (SSSR count). The van der Waals surface area contributed by atoms with E-state index in [0.29, 0.717) is 11.4 Å². The molecule has 0 spiro atoms. The molecule has 2 heterocycles. The van der Waals surface area contributed by atoms with E-state index in [4.69, 9.17) is 16.3 Å². The van der Waals surface area contributed by atoms with Gasteiger partial charge in [-0.25, -0.2) is 4.68 Å². The molecule has 1 unspecified atom stereocenters. The lowest BCUT2D eigenvalue weighted by Gasteiger charge is -2.28. The standard InChI is InChI=1S/C13H20ClN3O2/c1-9-10(13(19-3)16(2)15-9)11(14)12(18)17-7-5-4-6-8-17/h11H,4-8H2,1-3H3. The quantitative estimate of drug-likeness (QED) is 0.799. The van der Waals surface area contributed by atoms with Crippen LogP contribution in [0.25, 0.3) is 0 Å². The van der Waals surface area contributed by atoms with E-state index in [1.807, 2.05) is 11.8 Å². The second-order valence-electron chi connectivity index (χ2n) is 4.88. The zero-order chi connectivity index (χ0) is 14.0. The van der Waals surface area contributed by atoms with Crippen molar-refractivity contribution in [2.24, 2.45) is 7.05 Å². The summed E-state index contributed by atoms with van der Waals surface area (Å²) in [5.41, 5.74) is 1.42. The number of carbonyl (C=O) groups excluding carboxylic acids is 1. The van der Waals surface area contributed by atoms with Crippen LogP contribution in [-0.2, 0) is 11.8 Å². The van der Waals surface area contributed by atoms with Crippen molar-refractivity contribution in [1.82, 2.24) is 14.7 Å². The van der Waals surface area contributed by atoms with E-state index >= 15 is 0 Å². The van der Waals surface area contributed by atoms with Crippen LogP contribution < -0.4 is 4.74 Å². The number of carbonyl (C=O) groups is 1. The maximum Gasteiger partial charge on any atom is 0.245 e. The molecule has 0 radical (unpaired) electrons. The van der Waals surface area contributed by atoms with Crippen molar-refractivity contribution in [3.05, 3.63) is 11.3 Å². The highest BCUT2D eigenvalue weighted by atomic mass is 35.5. The van der Waals surface area contributed by atoms with Crippen LogP contribution in [0.2, 0.25) is 0 Å². The van der Waals surface area contributed by atoms with E-state index < -0.39 is 5.38 Å². The summed E-state index contributed by atoms with van der Waals surface area (Å²) in [4.78, 5) is 14.3. The van der Waals surface area contributed by atoms with Gasteiger partial charge in [-0.3, -0.25) is 4.79 Å². The number of hydrogen-bond donors (Lipinski definition) is 0. The van der Waals surface area contributed by atoms with Gasteiger partial charge in [0, 0.05) is 20.1 Å². The smallest absolute Gasteiger partial charge is 0.245 e. The lowest BCUT2D eigenvalue weighted by molar-refractivity contribution is -0.131. The molecule has 1 saturated heterocycles. The topological polar surface area (TPSA) is 47.4 Å². The molecular formula is C13H20ClN3O2. The fraction of sp³-hybridized carbons (Fsp3) is 0.692. The molecule has 0 bridgehead atoms. The van der Waals surface area contributed by atoms with Crippen molar-refractivity contribution in [1.29, 1.82) is 0 Å². The van der Waals surface area contributed by atoms with Crippen LogP contribution >= 0.6 is 11.6 Å². The first-order chi connectivity index (χ1) is 9.06. The average molecular weight is 286 g/mol. The van der Waals surface area contributed by atoms with E-state index in [1.54, 1.807) is 18.8 Å². The highest BCUT2D eigenvalue weighted by Gasteiger charge is 2.31. The fourth-order valence-electron chi connectivity index (χ4n) is 2.59. The molecule has 0 aromatic carbocycles. The van der Waals surface area contributed by atoms with Gasteiger partial charge in [-0.1, -0.05) is 0 Å². The number of likely N-dealkylation sites (tertiary alicyclic amines) is 1. The van der Waals surface area contributed by atoms with Crippen LogP contribution in [0, 0.1) is 6.92 Å². The number of aryl methyl sites for hydroxylation is 2. The summed E-state index contributed by atoms with van der Waals surface area (Å²) in [6, 6.07) is 0. The minimum absolute atomic E-state index is 0.0456. The highest BCUT2D eigenvalue weighted by Crippen LogP contribution is 2.34. The number of alkyl halides is 1. The third-order valence-electron chi connectivity index (χ3n) is 3.55. The van der Waals surface area contributed by atoms with Crippen LogP contribution in [0.3, 0.4) is 0 Å². The summed E-state index contributed by atoms with van der Waals surface area (Å²) >= 11 is 6.37. The predicted octanol–water partition coefficient (Wildman–Crippen LogP) is 2.03. The van der Waals surface area contributed by atoms with Crippen LogP contribution in [0.15, 0.2) is 0 Å². The Morgan fingerprint density at radius 3 is 2.58 bits per heavy atom. The number of ether oxygens (including phenoxy) is 1. The highest BCUT2D eigenvalue weighted by molar-refractivity contribution is 6.31. The molecule has 106 valence electrons. The zero-order valence-corrected chi connectivity index (χ0v) is 12.4. The molecular weight excluding hydrogens is 266 g/mol. The van der Waals surface area contributed by atoms with Crippen LogP contribution in [-0.4, -0.2) is 40.8 Å². The van der Waals surface area contributed by atoms with E-state index in [1.165, 1.54) is 6.42 Å².